The predicted octanol–water partition coefficient (Wildman–Crippen LogP) is 2.64. The lowest BCUT2D eigenvalue weighted by Crippen LogP contribution is -2.42. The molecule has 8 heteroatoms. The van der Waals surface area contributed by atoms with Crippen molar-refractivity contribution in [3.63, 3.8) is 0 Å². The lowest BCUT2D eigenvalue weighted by molar-refractivity contribution is -0.142. The molecular formula is C18H20N2O5S. The molecule has 138 valence electrons. The molecule has 1 N–H and O–H groups in total. The van der Waals surface area contributed by atoms with Gasteiger partial charge in [-0.15, -0.1) is 0 Å². The molecule has 26 heavy (non-hydrogen) atoms. The molecule has 1 aliphatic heterocycles. The van der Waals surface area contributed by atoms with Gasteiger partial charge in [-0.05, 0) is 31.4 Å². The molecule has 0 unspecified atom stereocenters. The molecule has 1 aromatic heterocycles. The molecule has 0 bridgehead atoms. The van der Waals surface area contributed by atoms with Crippen LogP contribution in [-0.2, 0) is 14.8 Å². The summed E-state index contributed by atoms with van der Waals surface area (Å²) in [4.78, 5) is 11.2. The van der Waals surface area contributed by atoms with E-state index >= 15 is 0 Å². The highest BCUT2D eigenvalue weighted by Crippen LogP contribution is 2.29. The van der Waals surface area contributed by atoms with Crippen molar-refractivity contribution in [1.82, 2.24) is 9.46 Å². The number of rotatable bonds is 5. The maximum atomic E-state index is 13.1. The Kier molecular flexibility index (Phi) is 5.24. The lowest BCUT2D eigenvalue weighted by Gasteiger charge is -2.29. The minimum atomic E-state index is -3.89. The van der Waals surface area contributed by atoms with Crippen LogP contribution in [0.15, 0.2) is 39.8 Å². The Bertz CT molecular complexity index is 918. The fourth-order valence-electron chi connectivity index (χ4n) is 3.03. The molecule has 2 aromatic rings. The number of aryl methyl sites for hydroxylation is 1. The van der Waals surface area contributed by atoms with Gasteiger partial charge in [-0.2, -0.15) is 4.31 Å². The number of benzene rings is 1. The molecule has 7 nitrogen and oxygen atoms in total. The highest BCUT2D eigenvalue weighted by Gasteiger charge is 2.36. The van der Waals surface area contributed by atoms with Crippen LogP contribution in [0, 0.1) is 12.8 Å². The van der Waals surface area contributed by atoms with Crippen LogP contribution in [0.3, 0.4) is 0 Å². The molecule has 1 aliphatic rings. The van der Waals surface area contributed by atoms with Crippen molar-refractivity contribution in [2.75, 3.05) is 13.1 Å². The molecule has 1 saturated heterocycles. The van der Waals surface area contributed by atoms with E-state index in [-0.39, 0.29) is 22.9 Å². The Balaban J connectivity index is 1.92. The first-order chi connectivity index (χ1) is 12.4. The number of hydrogen-bond acceptors (Lipinski definition) is 5. The second-order valence-corrected chi connectivity index (χ2v) is 8.12. The van der Waals surface area contributed by atoms with Gasteiger partial charge < -0.3 is 9.63 Å². The van der Waals surface area contributed by atoms with Crippen molar-refractivity contribution in [2.45, 2.75) is 24.7 Å². The largest absolute Gasteiger partial charge is 0.481 e. The fourth-order valence-corrected chi connectivity index (χ4v) is 4.80. The molecule has 0 amide bonds. The number of carboxylic acids is 1. The van der Waals surface area contributed by atoms with E-state index in [9.17, 15) is 18.3 Å². The van der Waals surface area contributed by atoms with Crippen LogP contribution in [0.25, 0.3) is 12.2 Å². The van der Waals surface area contributed by atoms with E-state index in [1.165, 1.54) is 4.31 Å². The summed E-state index contributed by atoms with van der Waals surface area (Å²) in [7, 11) is -3.89. The summed E-state index contributed by atoms with van der Waals surface area (Å²) in [6.45, 7) is 1.82. The molecule has 0 radical (unpaired) electrons. The van der Waals surface area contributed by atoms with Crippen molar-refractivity contribution in [3.05, 3.63) is 47.3 Å². The Morgan fingerprint density at radius 1 is 1.31 bits per heavy atom. The van der Waals surface area contributed by atoms with Crippen molar-refractivity contribution in [1.29, 1.82) is 0 Å². The lowest BCUT2D eigenvalue weighted by atomic mass is 10.0. The van der Waals surface area contributed by atoms with E-state index in [4.69, 9.17) is 4.52 Å². The van der Waals surface area contributed by atoms with Crippen LogP contribution in [0.5, 0.6) is 0 Å². The molecule has 1 atom stereocenters. The van der Waals surface area contributed by atoms with Gasteiger partial charge in [0.1, 0.15) is 5.69 Å². The van der Waals surface area contributed by atoms with E-state index in [1.54, 1.807) is 19.1 Å². The summed E-state index contributed by atoms with van der Waals surface area (Å²) in [5, 5.41) is 13.0. The molecule has 0 saturated carbocycles. The third kappa shape index (κ3) is 3.71. The van der Waals surface area contributed by atoms with Crippen LogP contribution in [0.2, 0.25) is 0 Å². The molecular weight excluding hydrogens is 356 g/mol. The first-order valence-corrected chi connectivity index (χ1v) is 9.76. The van der Waals surface area contributed by atoms with Crippen LogP contribution in [0.1, 0.15) is 29.9 Å². The number of nitrogens with zero attached hydrogens (tertiary/aromatic N) is 2. The standard InChI is InChI=1S/C18H20N2O5S/c1-13-17(16(25-19-13)10-9-14-6-3-2-4-7-14)26(23,24)20-11-5-8-15(12-20)18(21)22/h2-4,6-7,9-10,15H,5,8,11-12H2,1H3,(H,21,22)/b10-9+/t15-/m1/s1. The van der Waals surface area contributed by atoms with E-state index in [1.807, 2.05) is 30.3 Å². The Hall–Kier alpha value is -2.45. The van der Waals surface area contributed by atoms with Gasteiger partial charge in [0.2, 0.25) is 10.0 Å². The van der Waals surface area contributed by atoms with E-state index < -0.39 is 21.9 Å². The number of hydrogen-bond donors (Lipinski definition) is 1. The third-order valence-electron chi connectivity index (χ3n) is 4.39. The van der Waals surface area contributed by atoms with Gasteiger partial charge >= 0.3 is 5.97 Å². The summed E-state index contributed by atoms with van der Waals surface area (Å²) >= 11 is 0. The third-order valence-corrected chi connectivity index (χ3v) is 6.42. The zero-order valence-corrected chi connectivity index (χ0v) is 15.1. The zero-order chi connectivity index (χ0) is 18.7. The number of sulfonamides is 1. The number of piperidine rings is 1. The summed E-state index contributed by atoms with van der Waals surface area (Å²) in [6.07, 6.45) is 4.30. The van der Waals surface area contributed by atoms with Crippen LogP contribution >= 0.6 is 0 Å². The first-order valence-electron chi connectivity index (χ1n) is 8.32. The summed E-state index contributed by atoms with van der Waals surface area (Å²) in [5.74, 6) is -1.53. The molecule has 2 heterocycles. The average Bonchev–Trinajstić information content (AvgIpc) is 3.02. The Morgan fingerprint density at radius 2 is 2.04 bits per heavy atom. The second kappa shape index (κ2) is 7.43. The zero-order valence-electron chi connectivity index (χ0n) is 14.3. The minimum absolute atomic E-state index is 0.00396. The van der Waals surface area contributed by atoms with Crippen LogP contribution in [0.4, 0.5) is 0 Å². The van der Waals surface area contributed by atoms with Gasteiger partial charge in [-0.25, -0.2) is 8.42 Å². The van der Waals surface area contributed by atoms with Gasteiger partial charge in [-0.1, -0.05) is 41.6 Å². The smallest absolute Gasteiger partial charge is 0.307 e. The van der Waals surface area contributed by atoms with Crippen molar-refractivity contribution in [3.8, 4) is 0 Å². The predicted molar refractivity (Wildman–Crippen MR) is 95.7 cm³/mol. The SMILES string of the molecule is Cc1noc(/C=C/c2ccccc2)c1S(=O)(=O)N1CCC[C@@H](C(=O)O)C1. The molecule has 1 fully saturated rings. The normalized spacial score (nSPS) is 19.0. The number of carbonyl (C=O) groups is 1. The summed E-state index contributed by atoms with van der Waals surface area (Å²) < 4.78 is 32.6. The Morgan fingerprint density at radius 3 is 2.73 bits per heavy atom. The maximum absolute atomic E-state index is 13.1. The van der Waals surface area contributed by atoms with Crippen molar-refractivity contribution in [2.24, 2.45) is 5.92 Å². The fraction of sp³-hybridized carbons (Fsp3) is 0.333. The summed E-state index contributed by atoms with van der Waals surface area (Å²) in [6, 6.07) is 9.42. The molecule has 0 spiro atoms. The molecule has 3 rings (SSSR count). The number of carboxylic acid groups (broad SMARTS) is 1. The quantitative estimate of drug-likeness (QED) is 0.861. The summed E-state index contributed by atoms with van der Waals surface area (Å²) in [5.41, 5.74) is 1.16. The molecule has 1 aromatic carbocycles. The Labute approximate surface area is 152 Å². The second-order valence-electron chi connectivity index (χ2n) is 6.25. The van der Waals surface area contributed by atoms with Crippen LogP contribution in [-0.4, -0.2) is 42.0 Å². The van der Waals surface area contributed by atoms with E-state index in [2.05, 4.69) is 5.16 Å². The van der Waals surface area contributed by atoms with Crippen LogP contribution < -0.4 is 0 Å². The monoisotopic (exact) mass is 376 g/mol. The van der Waals surface area contributed by atoms with E-state index in [0.29, 0.717) is 19.4 Å². The van der Waals surface area contributed by atoms with Gasteiger partial charge in [-0.3, -0.25) is 4.79 Å². The van der Waals surface area contributed by atoms with Gasteiger partial charge in [0, 0.05) is 13.1 Å². The first kappa shape index (κ1) is 18.3. The van der Waals surface area contributed by atoms with Crippen molar-refractivity contribution < 1.29 is 22.8 Å². The van der Waals surface area contributed by atoms with Gasteiger partial charge in [0.15, 0.2) is 10.7 Å². The highest BCUT2D eigenvalue weighted by atomic mass is 32.2. The number of aliphatic carboxylic acids is 1. The number of aromatic nitrogens is 1. The maximum Gasteiger partial charge on any atom is 0.307 e. The van der Waals surface area contributed by atoms with Crippen molar-refractivity contribution >= 4 is 28.1 Å². The highest BCUT2D eigenvalue weighted by molar-refractivity contribution is 7.89. The van der Waals surface area contributed by atoms with E-state index in [0.717, 1.165) is 5.56 Å². The average molecular weight is 376 g/mol. The van der Waals surface area contributed by atoms with Gasteiger partial charge in [0.05, 0.1) is 5.92 Å². The topological polar surface area (TPSA) is 101 Å². The van der Waals surface area contributed by atoms with Gasteiger partial charge in [0.25, 0.3) is 0 Å². The minimum Gasteiger partial charge on any atom is -0.481 e. The molecule has 0 aliphatic carbocycles.